The summed E-state index contributed by atoms with van der Waals surface area (Å²) in [5.41, 5.74) is 4.33. The number of amides is 1. The van der Waals surface area contributed by atoms with Crippen molar-refractivity contribution >= 4 is 28.4 Å². The molecule has 0 unspecified atom stereocenters. The van der Waals surface area contributed by atoms with E-state index in [0.717, 1.165) is 27.9 Å². The standard InChI is InChI=1S/C21H18N6O3/c1-12-19-15(13-7-9-14(10-8-13)27(29)30)11-18(28)23-20(19)26(24-12)21-22-16-5-3-4-6-17(16)25(21)2/h3-10,15H,11H2,1-2H3,(H,23,28)/t15-/m1/s1. The summed E-state index contributed by atoms with van der Waals surface area (Å²) in [6, 6.07) is 14.1. The largest absolute Gasteiger partial charge is 0.311 e. The molecule has 0 spiro atoms. The average molecular weight is 402 g/mol. The number of nitro benzene ring substituents is 1. The Morgan fingerprint density at radius 3 is 2.60 bits per heavy atom. The number of nitro groups is 1. The number of nitrogens with zero attached hydrogens (tertiary/aromatic N) is 5. The quantitative estimate of drug-likeness (QED) is 0.417. The van der Waals surface area contributed by atoms with E-state index in [0.29, 0.717) is 11.8 Å². The van der Waals surface area contributed by atoms with Crippen LogP contribution in [-0.4, -0.2) is 30.2 Å². The Hall–Kier alpha value is -4.01. The Bertz CT molecular complexity index is 1320. The molecule has 0 bridgehead atoms. The zero-order valence-corrected chi connectivity index (χ0v) is 16.4. The van der Waals surface area contributed by atoms with E-state index in [4.69, 9.17) is 4.98 Å². The van der Waals surface area contributed by atoms with E-state index in [1.165, 1.54) is 12.1 Å². The Balaban J connectivity index is 1.66. The third-order valence-electron chi connectivity index (χ3n) is 5.56. The van der Waals surface area contributed by atoms with Crippen molar-refractivity contribution in [2.45, 2.75) is 19.3 Å². The SMILES string of the molecule is Cc1nn(-c2nc3ccccc3n2C)c2c1[C@@H](c1ccc([N+](=O)[O-])cc1)CC(=O)N2. The van der Waals surface area contributed by atoms with Gasteiger partial charge in [0.2, 0.25) is 11.9 Å². The summed E-state index contributed by atoms with van der Waals surface area (Å²) in [6.07, 6.45) is 0.250. The van der Waals surface area contributed by atoms with E-state index in [9.17, 15) is 14.9 Å². The lowest BCUT2D eigenvalue weighted by atomic mass is 9.86. The van der Waals surface area contributed by atoms with E-state index >= 15 is 0 Å². The van der Waals surface area contributed by atoms with Gasteiger partial charge in [-0.05, 0) is 24.6 Å². The highest BCUT2D eigenvalue weighted by Gasteiger charge is 2.33. The smallest absolute Gasteiger partial charge is 0.269 e. The molecule has 0 aliphatic carbocycles. The molecule has 1 aliphatic rings. The van der Waals surface area contributed by atoms with Crippen LogP contribution in [0.15, 0.2) is 48.5 Å². The number of nitrogens with one attached hydrogen (secondary N) is 1. The summed E-state index contributed by atoms with van der Waals surface area (Å²) in [7, 11) is 1.91. The molecule has 1 aliphatic heterocycles. The molecule has 1 atom stereocenters. The number of hydrogen-bond donors (Lipinski definition) is 1. The lowest BCUT2D eigenvalue weighted by Gasteiger charge is -2.24. The van der Waals surface area contributed by atoms with Gasteiger partial charge in [-0.3, -0.25) is 14.9 Å². The number of benzene rings is 2. The minimum absolute atomic E-state index is 0.0198. The minimum Gasteiger partial charge on any atom is -0.311 e. The normalized spacial score (nSPS) is 15.8. The first-order chi connectivity index (χ1) is 14.4. The maximum Gasteiger partial charge on any atom is 0.269 e. The van der Waals surface area contributed by atoms with Crippen molar-refractivity contribution in [2.24, 2.45) is 7.05 Å². The minimum atomic E-state index is -0.433. The zero-order valence-electron chi connectivity index (χ0n) is 16.4. The third-order valence-corrected chi connectivity index (χ3v) is 5.56. The fraction of sp³-hybridized carbons (Fsp3) is 0.190. The molecule has 2 aromatic heterocycles. The van der Waals surface area contributed by atoms with Crippen molar-refractivity contribution in [1.82, 2.24) is 19.3 Å². The first-order valence-electron chi connectivity index (χ1n) is 9.49. The molecule has 4 aromatic rings. The van der Waals surface area contributed by atoms with Crippen LogP contribution >= 0.6 is 0 Å². The van der Waals surface area contributed by atoms with Gasteiger partial charge in [0.05, 0.1) is 21.7 Å². The highest BCUT2D eigenvalue weighted by atomic mass is 16.6. The molecular formula is C21H18N6O3. The summed E-state index contributed by atoms with van der Waals surface area (Å²) >= 11 is 0. The van der Waals surface area contributed by atoms with Crippen molar-refractivity contribution in [3.05, 3.63) is 75.5 Å². The topological polar surface area (TPSA) is 108 Å². The number of carbonyl (C=O) groups is 1. The van der Waals surface area contributed by atoms with Crippen molar-refractivity contribution in [2.75, 3.05) is 5.32 Å². The molecule has 0 saturated heterocycles. The van der Waals surface area contributed by atoms with E-state index in [-0.39, 0.29) is 23.9 Å². The Morgan fingerprint density at radius 2 is 1.90 bits per heavy atom. The average Bonchev–Trinajstić information content (AvgIpc) is 3.24. The number of hydrogen-bond acceptors (Lipinski definition) is 5. The number of carbonyl (C=O) groups excluding carboxylic acids is 1. The number of aryl methyl sites for hydroxylation is 2. The van der Waals surface area contributed by atoms with Crippen LogP contribution < -0.4 is 5.32 Å². The molecular weight excluding hydrogens is 384 g/mol. The van der Waals surface area contributed by atoms with Gasteiger partial charge in [0.1, 0.15) is 5.82 Å². The van der Waals surface area contributed by atoms with E-state index in [2.05, 4.69) is 10.4 Å². The van der Waals surface area contributed by atoms with Crippen molar-refractivity contribution in [1.29, 1.82) is 0 Å². The Morgan fingerprint density at radius 1 is 1.17 bits per heavy atom. The van der Waals surface area contributed by atoms with E-state index < -0.39 is 4.92 Å². The molecule has 150 valence electrons. The van der Waals surface area contributed by atoms with Gasteiger partial charge in [0.25, 0.3) is 5.69 Å². The lowest BCUT2D eigenvalue weighted by molar-refractivity contribution is -0.384. The number of imidazole rings is 1. The van der Waals surface area contributed by atoms with Gasteiger partial charge < -0.3 is 9.88 Å². The summed E-state index contributed by atoms with van der Waals surface area (Å²) in [5.74, 6) is 0.819. The summed E-state index contributed by atoms with van der Waals surface area (Å²) in [5, 5.41) is 18.6. The van der Waals surface area contributed by atoms with Crippen LogP contribution in [0.1, 0.15) is 29.2 Å². The molecule has 1 amide bonds. The second-order valence-electron chi connectivity index (χ2n) is 7.37. The molecule has 3 heterocycles. The molecule has 30 heavy (non-hydrogen) atoms. The van der Waals surface area contributed by atoms with Crippen LogP contribution in [0.5, 0.6) is 0 Å². The van der Waals surface area contributed by atoms with Crippen molar-refractivity contribution in [3.8, 4) is 5.95 Å². The molecule has 1 N–H and O–H groups in total. The third kappa shape index (κ3) is 2.66. The molecule has 9 heteroatoms. The highest BCUT2D eigenvalue weighted by molar-refractivity contribution is 5.95. The van der Waals surface area contributed by atoms with Gasteiger partial charge >= 0.3 is 0 Å². The second kappa shape index (κ2) is 6.51. The molecule has 9 nitrogen and oxygen atoms in total. The van der Waals surface area contributed by atoms with Crippen LogP contribution in [0.3, 0.4) is 0 Å². The van der Waals surface area contributed by atoms with Gasteiger partial charge in [-0.1, -0.05) is 24.3 Å². The highest BCUT2D eigenvalue weighted by Crippen LogP contribution is 2.40. The summed E-state index contributed by atoms with van der Waals surface area (Å²) in [4.78, 5) is 27.8. The van der Waals surface area contributed by atoms with Crippen LogP contribution in [0, 0.1) is 17.0 Å². The molecule has 0 radical (unpaired) electrons. The second-order valence-corrected chi connectivity index (χ2v) is 7.37. The van der Waals surface area contributed by atoms with Crippen molar-refractivity contribution in [3.63, 3.8) is 0 Å². The summed E-state index contributed by atoms with van der Waals surface area (Å²) in [6.45, 7) is 1.90. The molecule has 2 aromatic carbocycles. The number of fused-ring (bicyclic) bond motifs is 2. The molecule has 0 saturated carbocycles. The van der Waals surface area contributed by atoms with E-state index in [1.54, 1.807) is 16.8 Å². The number of anilines is 1. The van der Waals surface area contributed by atoms with Crippen LogP contribution in [0.4, 0.5) is 11.5 Å². The molecule has 0 fully saturated rings. The van der Waals surface area contributed by atoms with Gasteiger partial charge in [0.15, 0.2) is 0 Å². The maximum absolute atomic E-state index is 12.5. The predicted octanol–water partition coefficient (Wildman–Crippen LogP) is 3.45. The zero-order chi connectivity index (χ0) is 21.0. The van der Waals surface area contributed by atoms with Gasteiger partial charge in [-0.25, -0.2) is 4.98 Å². The number of rotatable bonds is 3. The lowest BCUT2D eigenvalue weighted by Crippen LogP contribution is -2.25. The number of non-ortho nitro benzene ring substituents is 1. The fourth-order valence-corrected chi connectivity index (χ4v) is 4.13. The first-order valence-corrected chi connectivity index (χ1v) is 9.49. The van der Waals surface area contributed by atoms with Gasteiger partial charge in [-0.2, -0.15) is 9.78 Å². The monoisotopic (exact) mass is 402 g/mol. The predicted molar refractivity (Wildman–Crippen MR) is 111 cm³/mol. The van der Waals surface area contributed by atoms with E-state index in [1.807, 2.05) is 42.8 Å². The number of aromatic nitrogens is 4. The maximum atomic E-state index is 12.5. The fourth-order valence-electron chi connectivity index (χ4n) is 4.13. The van der Waals surface area contributed by atoms with Crippen molar-refractivity contribution < 1.29 is 9.72 Å². The number of para-hydroxylation sites is 2. The Kier molecular flexibility index (Phi) is 3.92. The van der Waals surface area contributed by atoms with Crippen LogP contribution in [0.2, 0.25) is 0 Å². The van der Waals surface area contributed by atoms with Gasteiger partial charge in [0, 0.05) is 37.1 Å². The Labute approximate surface area is 171 Å². The first kappa shape index (κ1) is 18.0. The summed E-state index contributed by atoms with van der Waals surface area (Å²) < 4.78 is 3.60. The molecule has 5 rings (SSSR count). The van der Waals surface area contributed by atoms with Gasteiger partial charge in [-0.15, -0.1) is 0 Å². The van der Waals surface area contributed by atoms with Crippen LogP contribution in [0.25, 0.3) is 17.0 Å². The van der Waals surface area contributed by atoms with Crippen LogP contribution in [-0.2, 0) is 11.8 Å².